The molecule has 4 aromatic rings. The lowest BCUT2D eigenvalue weighted by molar-refractivity contribution is 0.0955. The molecule has 1 N–H and O–H groups in total. The van der Waals surface area contributed by atoms with E-state index in [0.717, 1.165) is 10.8 Å². The third-order valence-electron chi connectivity index (χ3n) is 4.81. The van der Waals surface area contributed by atoms with Crippen LogP contribution in [0.2, 0.25) is 0 Å². The molecule has 4 aromatic carbocycles. The molecule has 0 radical (unpaired) electrons. The molecule has 0 saturated heterocycles. The van der Waals surface area contributed by atoms with Gasteiger partial charge in [0.1, 0.15) is 16.4 Å². The summed E-state index contributed by atoms with van der Waals surface area (Å²) in [7, 11) is -2.48. The van der Waals surface area contributed by atoms with Crippen molar-refractivity contribution in [1.29, 1.82) is 0 Å². The third-order valence-corrected chi connectivity index (χ3v) is 6.05. The van der Waals surface area contributed by atoms with Crippen molar-refractivity contribution in [2.45, 2.75) is 4.90 Å². The second-order valence-electron chi connectivity index (χ2n) is 7.05. The molecular weight excluding hydrogens is 440 g/mol. The Balaban J connectivity index is 1.44. The topological polar surface area (TPSA) is 94.1 Å². The van der Waals surface area contributed by atoms with E-state index < -0.39 is 10.1 Å². The lowest BCUT2D eigenvalue weighted by atomic mass is 10.1. The first kappa shape index (κ1) is 22.0. The first-order valence-corrected chi connectivity index (χ1v) is 11.4. The standard InChI is InChI=1S/C25H20N2O5S/c1-31-22-12-9-20(10-13-22)25(28)27-26-17-18-5-4-8-23(15-18)32-33(29,30)24-14-11-19-6-2-3-7-21(19)16-24/h2-17H,1H3,(H,27,28)/b26-17-. The number of nitrogens with one attached hydrogen (secondary N) is 1. The molecule has 0 aliphatic carbocycles. The number of amides is 1. The summed E-state index contributed by atoms with van der Waals surface area (Å²) in [6.07, 6.45) is 1.40. The SMILES string of the molecule is COc1ccc(C(=O)N/N=C\c2cccc(OS(=O)(=O)c3ccc4ccccc4c3)c2)cc1. The van der Waals surface area contributed by atoms with Crippen molar-refractivity contribution in [1.82, 2.24) is 5.43 Å². The number of carbonyl (C=O) groups is 1. The van der Waals surface area contributed by atoms with Crippen molar-refractivity contribution in [3.05, 3.63) is 102 Å². The fraction of sp³-hybridized carbons (Fsp3) is 0.0400. The van der Waals surface area contributed by atoms with Gasteiger partial charge >= 0.3 is 10.1 Å². The molecule has 0 heterocycles. The van der Waals surface area contributed by atoms with E-state index in [0.29, 0.717) is 16.9 Å². The fourth-order valence-corrected chi connectivity index (χ4v) is 4.08. The van der Waals surface area contributed by atoms with Gasteiger partial charge in [0.25, 0.3) is 5.91 Å². The maximum atomic E-state index is 12.7. The van der Waals surface area contributed by atoms with Gasteiger partial charge in [0, 0.05) is 5.56 Å². The maximum absolute atomic E-state index is 12.7. The van der Waals surface area contributed by atoms with Crippen LogP contribution in [0.25, 0.3) is 10.8 Å². The Morgan fingerprint density at radius 2 is 1.61 bits per heavy atom. The number of hydrogen-bond donors (Lipinski definition) is 1. The largest absolute Gasteiger partial charge is 0.497 e. The second kappa shape index (κ2) is 9.54. The summed E-state index contributed by atoms with van der Waals surface area (Å²) in [6, 6.07) is 25.3. The Bertz CT molecular complexity index is 1430. The van der Waals surface area contributed by atoms with Crippen molar-refractivity contribution in [3.63, 3.8) is 0 Å². The highest BCUT2D eigenvalue weighted by Gasteiger charge is 2.17. The summed E-state index contributed by atoms with van der Waals surface area (Å²) in [5, 5.41) is 5.67. The molecule has 0 aromatic heterocycles. The van der Waals surface area contributed by atoms with Gasteiger partial charge in [-0.1, -0.05) is 42.5 Å². The zero-order chi connectivity index (χ0) is 23.3. The summed E-state index contributed by atoms with van der Waals surface area (Å²) in [5.74, 6) is 0.388. The molecule has 1 amide bonds. The number of hydrogen-bond acceptors (Lipinski definition) is 6. The minimum Gasteiger partial charge on any atom is -0.497 e. The molecule has 0 fully saturated rings. The fourth-order valence-electron chi connectivity index (χ4n) is 3.12. The molecule has 0 bridgehead atoms. The van der Waals surface area contributed by atoms with Crippen LogP contribution in [0.1, 0.15) is 15.9 Å². The van der Waals surface area contributed by atoms with E-state index in [1.807, 2.05) is 24.3 Å². The van der Waals surface area contributed by atoms with E-state index in [1.165, 1.54) is 24.4 Å². The van der Waals surface area contributed by atoms with Crippen LogP contribution in [-0.4, -0.2) is 27.6 Å². The number of fused-ring (bicyclic) bond motifs is 1. The first-order valence-electron chi connectivity index (χ1n) is 9.95. The van der Waals surface area contributed by atoms with Crippen LogP contribution in [0, 0.1) is 0 Å². The van der Waals surface area contributed by atoms with E-state index in [4.69, 9.17) is 8.92 Å². The molecule has 0 unspecified atom stereocenters. The molecular formula is C25H20N2O5S. The monoisotopic (exact) mass is 460 g/mol. The molecule has 4 rings (SSSR count). The van der Waals surface area contributed by atoms with E-state index >= 15 is 0 Å². The first-order chi connectivity index (χ1) is 15.9. The van der Waals surface area contributed by atoms with Gasteiger partial charge < -0.3 is 8.92 Å². The summed E-state index contributed by atoms with van der Waals surface area (Å²) in [6.45, 7) is 0. The minimum absolute atomic E-state index is 0.0621. The van der Waals surface area contributed by atoms with E-state index in [-0.39, 0.29) is 16.6 Å². The van der Waals surface area contributed by atoms with Gasteiger partial charge in [-0.25, -0.2) is 5.43 Å². The van der Waals surface area contributed by atoms with Crippen molar-refractivity contribution in [3.8, 4) is 11.5 Å². The van der Waals surface area contributed by atoms with Gasteiger partial charge in [0.2, 0.25) is 0 Å². The predicted octanol–water partition coefficient (Wildman–Crippen LogP) is 4.38. The van der Waals surface area contributed by atoms with Gasteiger partial charge in [-0.2, -0.15) is 13.5 Å². The lowest BCUT2D eigenvalue weighted by Gasteiger charge is -2.08. The van der Waals surface area contributed by atoms with Crippen molar-refractivity contribution >= 4 is 33.0 Å². The van der Waals surface area contributed by atoms with Gasteiger partial charge in [0.05, 0.1) is 13.3 Å². The number of methoxy groups -OCH3 is 1. The zero-order valence-electron chi connectivity index (χ0n) is 17.6. The van der Waals surface area contributed by atoms with Gasteiger partial charge in [-0.3, -0.25) is 4.79 Å². The summed E-state index contributed by atoms with van der Waals surface area (Å²) < 4.78 is 35.9. The molecule has 0 atom stereocenters. The Morgan fingerprint density at radius 1 is 0.848 bits per heavy atom. The Hall–Kier alpha value is -4.17. The average Bonchev–Trinajstić information content (AvgIpc) is 2.83. The number of carbonyl (C=O) groups excluding carboxylic acids is 1. The Kier molecular flexibility index (Phi) is 6.37. The van der Waals surface area contributed by atoms with Crippen LogP contribution >= 0.6 is 0 Å². The normalized spacial score (nSPS) is 11.4. The van der Waals surface area contributed by atoms with E-state index in [2.05, 4.69) is 10.5 Å². The van der Waals surface area contributed by atoms with Crippen LogP contribution in [0.3, 0.4) is 0 Å². The van der Waals surface area contributed by atoms with Crippen molar-refractivity contribution < 1.29 is 22.1 Å². The molecule has 8 heteroatoms. The van der Waals surface area contributed by atoms with Crippen LogP contribution < -0.4 is 14.3 Å². The summed E-state index contributed by atoms with van der Waals surface area (Å²) >= 11 is 0. The minimum atomic E-state index is -4.02. The van der Waals surface area contributed by atoms with Crippen LogP contribution in [0.5, 0.6) is 11.5 Å². The van der Waals surface area contributed by atoms with E-state index in [9.17, 15) is 13.2 Å². The molecule has 166 valence electrons. The molecule has 0 aliphatic heterocycles. The third kappa shape index (κ3) is 5.36. The van der Waals surface area contributed by atoms with E-state index in [1.54, 1.807) is 55.6 Å². The van der Waals surface area contributed by atoms with Gasteiger partial charge in [0.15, 0.2) is 0 Å². The quantitative estimate of drug-likeness (QED) is 0.251. The number of nitrogens with zero attached hydrogens (tertiary/aromatic N) is 1. The smallest absolute Gasteiger partial charge is 0.339 e. The van der Waals surface area contributed by atoms with Crippen LogP contribution in [0.4, 0.5) is 0 Å². The molecule has 33 heavy (non-hydrogen) atoms. The highest BCUT2D eigenvalue weighted by atomic mass is 32.2. The lowest BCUT2D eigenvalue weighted by Crippen LogP contribution is -2.17. The summed E-state index contributed by atoms with van der Waals surface area (Å²) in [5.41, 5.74) is 3.40. The van der Waals surface area contributed by atoms with Crippen molar-refractivity contribution in [2.24, 2.45) is 5.10 Å². The highest BCUT2D eigenvalue weighted by Crippen LogP contribution is 2.23. The van der Waals surface area contributed by atoms with Crippen LogP contribution in [0.15, 0.2) is 101 Å². The average molecular weight is 461 g/mol. The molecule has 0 aliphatic rings. The van der Waals surface area contributed by atoms with Gasteiger partial charge in [-0.15, -0.1) is 0 Å². The number of ether oxygens (including phenoxy) is 1. The summed E-state index contributed by atoms with van der Waals surface area (Å²) in [4.78, 5) is 12.2. The maximum Gasteiger partial charge on any atom is 0.339 e. The molecule has 0 spiro atoms. The number of hydrazone groups is 1. The second-order valence-corrected chi connectivity index (χ2v) is 8.59. The molecule has 7 nitrogen and oxygen atoms in total. The molecule has 0 saturated carbocycles. The zero-order valence-corrected chi connectivity index (χ0v) is 18.5. The van der Waals surface area contributed by atoms with Crippen LogP contribution in [-0.2, 0) is 10.1 Å². The Labute approximate surface area is 191 Å². The Morgan fingerprint density at radius 3 is 2.36 bits per heavy atom. The highest BCUT2D eigenvalue weighted by molar-refractivity contribution is 7.87. The van der Waals surface area contributed by atoms with Crippen molar-refractivity contribution in [2.75, 3.05) is 7.11 Å². The predicted molar refractivity (Wildman–Crippen MR) is 126 cm³/mol. The number of rotatable bonds is 7. The number of benzene rings is 4. The van der Waals surface area contributed by atoms with Gasteiger partial charge in [-0.05, 0) is 64.9 Å².